The SMILES string of the molecule is Clc1ccc(CSc2nnnn2CCNC2CC2)s1. The summed E-state index contributed by atoms with van der Waals surface area (Å²) in [4.78, 5) is 1.24. The van der Waals surface area contributed by atoms with Gasteiger partial charge < -0.3 is 5.32 Å². The maximum atomic E-state index is 5.91. The topological polar surface area (TPSA) is 55.6 Å². The highest BCUT2D eigenvalue weighted by Crippen LogP contribution is 2.27. The van der Waals surface area contributed by atoms with E-state index in [1.807, 2.05) is 16.8 Å². The highest BCUT2D eigenvalue weighted by Gasteiger charge is 2.20. The Bertz CT molecular complexity index is 537. The average Bonchev–Trinajstić information content (AvgIpc) is 2.95. The first-order valence-electron chi connectivity index (χ1n) is 6.18. The molecule has 2 aromatic heterocycles. The Morgan fingerprint density at radius 3 is 3.11 bits per heavy atom. The Morgan fingerprint density at radius 1 is 1.47 bits per heavy atom. The first-order valence-corrected chi connectivity index (χ1v) is 8.36. The molecule has 0 spiro atoms. The lowest BCUT2D eigenvalue weighted by atomic mass is 10.5. The summed E-state index contributed by atoms with van der Waals surface area (Å²) in [5.41, 5.74) is 0. The Kier molecular flexibility index (Phi) is 4.37. The first kappa shape index (κ1) is 13.4. The lowest BCUT2D eigenvalue weighted by molar-refractivity contribution is 0.509. The maximum Gasteiger partial charge on any atom is 0.209 e. The molecular formula is C11H14ClN5S2. The van der Waals surface area contributed by atoms with Crippen LogP contribution in [0.3, 0.4) is 0 Å². The molecule has 0 radical (unpaired) electrons. The number of thiophene rings is 1. The molecule has 1 N–H and O–H groups in total. The Morgan fingerprint density at radius 2 is 2.37 bits per heavy atom. The van der Waals surface area contributed by atoms with Gasteiger partial charge in [-0.2, -0.15) is 0 Å². The lowest BCUT2D eigenvalue weighted by Crippen LogP contribution is -2.22. The molecule has 102 valence electrons. The number of tetrazole rings is 1. The van der Waals surface area contributed by atoms with Crippen molar-refractivity contribution in [2.45, 2.75) is 36.3 Å². The van der Waals surface area contributed by atoms with Crippen LogP contribution < -0.4 is 5.32 Å². The Labute approximate surface area is 124 Å². The molecule has 0 aliphatic heterocycles. The fourth-order valence-electron chi connectivity index (χ4n) is 1.67. The van der Waals surface area contributed by atoms with Gasteiger partial charge in [-0.1, -0.05) is 23.4 Å². The number of nitrogens with zero attached hydrogens (tertiary/aromatic N) is 4. The van der Waals surface area contributed by atoms with Crippen LogP contribution in [0.15, 0.2) is 17.3 Å². The van der Waals surface area contributed by atoms with Gasteiger partial charge in [-0.05, 0) is 35.4 Å². The maximum absolute atomic E-state index is 5.91. The normalized spacial score (nSPS) is 15.0. The summed E-state index contributed by atoms with van der Waals surface area (Å²) >= 11 is 9.16. The number of nitrogens with one attached hydrogen (secondary N) is 1. The molecule has 1 aliphatic carbocycles. The Hall–Kier alpha value is -0.630. The standard InChI is InChI=1S/C11H14ClN5S2/c12-10-4-3-9(19-10)7-18-11-14-15-16-17(11)6-5-13-8-1-2-8/h3-4,8,13H,1-2,5-7H2. The molecule has 0 unspecified atom stereocenters. The summed E-state index contributed by atoms with van der Waals surface area (Å²) in [6, 6.07) is 4.69. The molecule has 2 aromatic rings. The number of halogens is 1. The van der Waals surface area contributed by atoms with Crippen molar-refractivity contribution in [2.24, 2.45) is 0 Å². The summed E-state index contributed by atoms with van der Waals surface area (Å²) in [5, 5.41) is 16.1. The zero-order chi connectivity index (χ0) is 13.1. The molecule has 1 fully saturated rings. The van der Waals surface area contributed by atoms with E-state index in [2.05, 4.69) is 20.8 Å². The van der Waals surface area contributed by atoms with E-state index in [4.69, 9.17) is 11.6 Å². The molecule has 2 heterocycles. The number of thioether (sulfide) groups is 1. The fraction of sp³-hybridized carbons (Fsp3) is 0.545. The van der Waals surface area contributed by atoms with Crippen LogP contribution in [-0.4, -0.2) is 32.8 Å². The van der Waals surface area contributed by atoms with E-state index in [1.54, 1.807) is 23.1 Å². The van der Waals surface area contributed by atoms with Crippen molar-refractivity contribution >= 4 is 34.7 Å². The zero-order valence-electron chi connectivity index (χ0n) is 10.3. The van der Waals surface area contributed by atoms with Crippen LogP contribution in [0.25, 0.3) is 0 Å². The van der Waals surface area contributed by atoms with Gasteiger partial charge in [-0.15, -0.1) is 16.4 Å². The Balaban J connectivity index is 1.50. The van der Waals surface area contributed by atoms with Crippen LogP contribution in [-0.2, 0) is 12.3 Å². The monoisotopic (exact) mass is 315 g/mol. The van der Waals surface area contributed by atoms with Crippen molar-refractivity contribution < 1.29 is 0 Å². The average molecular weight is 316 g/mol. The second kappa shape index (κ2) is 6.21. The van der Waals surface area contributed by atoms with E-state index in [1.165, 1.54) is 17.7 Å². The van der Waals surface area contributed by atoms with Crippen LogP contribution >= 0.6 is 34.7 Å². The quantitative estimate of drug-likeness (QED) is 0.795. The van der Waals surface area contributed by atoms with E-state index in [0.717, 1.165) is 34.4 Å². The van der Waals surface area contributed by atoms with Gasteiger partial charge >= 0.3 is 0 Å². The molecular weight excluding hydrogens is 302 g/mol. The number of rotatable bonds is 7. The van der Waals surface area contributed by atoms with Gasteiger partial charge in [0.15, 0.2) is 0 Å². The molecule has 0 amide bonds. The van der Waals surface area contributed by atoms with Gasteiger partial charge in [0.05, 0.1) is 10.9 Å². The van der Waals surface area contributed by atoms with E-state index in [-0.39, 0.29) is 0 Å². The van der Waals surface area contributed by atoms with E-state index in [0.29, 0.717) is 0 Å². The minimum absolute atomic E-state index is 0.723. The number of hydrogen-bond acceptors (Lipinski definition) is 6. The van der Waals surface area contributed by atoms with Gasteiger partial charge in [0.25, 0.3) is 0 Å². The molecule has 0 atom stereocenters. The van der Waals surface area contributed by atoms with Crippen molar-refractivity contribution in [1.82, 2.24) is 25.5 Å². The van der Waals surface area contributed by atoms with Gasteiger partial charge in [0.2, 0.25) is 5.16 Å². The van der Waals surface area contributed by atoms with Crippen LogP contribution in [0.1, 0.15) is 17.7 Å². The predicted molar refractivity (Wildman–Crippen MR) is 77.7 cm³/mol. The van der Waals surface area contributed by atoms with Crippen molar-refractivity contribution in [3.05, 3.63) is 21.3 Å². The third-order valence-electron chi connectivity index (χ3n) is 2.81. The smallest absolute Gasteiger partial charge is 0.209 e. The number of aromatic nitrogens is 4. The van der Waals surface area contributed by atoms with E-state index in [9.17, 15) is 0 Å². The van der Waals surface area contributed by atoms with Gasteiger partial charge in [-0.25, -0.2) is 4.68 Å². The van der Waals surface area contributed by atoms with E-state index >= 15 is 0 Å². The summed E-state index contributed by atoms with van der Waals surface area (Å²) in [6.45, 7) is 1.74. The molecule has 1 aliphatic rings. The van der Waals surface area contributed by atoms with Crippen molar-refractivity contribution in [2.75, 3.05) is 6.54 Å². The molecule has 0 bridgehead atoms. The van der Waals surface area contributed by atoms with Crippen LogP contribution in [0.4, 0.5) is 0 Å². The summed E-state index contributed by atoms with van der Waals surface area (Å²) in [6.07, 6.45) is 2.60. The largest absolute Gasteiger partial charge is 0.312 e. The van der Waals surface area contributed by atoms with Crippen LogP contribution in [0, 0.1) is 0 Å². The summed E-state index contributed by atoms with van der Waals surface area (Å²) in [5.74, 6) is 0.855. The minimum atomic E-state index is 0.723. The minimum Gasteiger partial charge on any atom is -0.312 e. The number of hydrogen-bond donors (Lipinski definition) is 1. The molecule has 19 heavy (non-hydrogen) atoms. The van der Waals surface area contributed by atoms with E-state index < -0.39 is 0 Å². The summed E-state index contributed by atoms with van der Waals surface area (Å²) in [7, 11) is 0. The van der Waals surface area contributed by atoms with Crippen molar-refractivity contribution in [1.29, 1.82) is 0 Å². The van der Waals surface area contributed by atoms with Crippen LogP contribution in [0.2, 0.25) is 4.34 Å². The molecule has 5 nitrogen and oxygen atoms in total. The van der Waals surface area contributed by atoms with Crippen molar-refractivity contribution in [3.8, 4) is 0 Å². The van der Waals surface area contributed by atoms with Gasteiger partial charge in [0, 0.05) is 23.2 Å². The first-order chi connectivity index (χ1) is 9.31. The highest BCUT2D eigenvalue weighted by atomic mass is 35.5. The molecule has 0 aromatic carbocycles. The molecule has 8 heteroatoms. The predicted octanol–water partition coefficient (Wildman–Crippen LogP) is 2.43. The van der Waals surface area contributed by atoms with Gasteiger partial charge in [0.1, 0.15) is 0 Å². The lowest BCUT2D eigenvalue weighted by Gasteiger charge is -2.04. The van der Waals surface area contributed by atoms with Crippen molar-refractivity contribution in [3.63, 3.8) is 0 Å². The third kappa shape index (κ3) is 3.92. The zero-order valence-corrected chi connectivity index (χ0v) is 12.6. The van der Waals surface area contributed by atoms with Crippen LogP contribution in [0.5, 0.6) is 0 Å². The van der Waals surface area contributed by atoms with Gasteiger partial charge in [-0.3, -0.25) is 0 Å². The molecule has 1 saturated carbocycles. The molecule has 0 saturated heterocycles. The second-order valence-electron chi connectivity index (χ2n) is 4.41. The third-order valence-corrected chi connectivity index (χ3v) is 5.23. The second-order valence-corrected chi connectivity index (χ2v) is 7.15. The highest BCUT2D eigenvalue weighted by molar-refractivity contribution is 7.98. The molecule has 3 rings (SSSR count). The summed E-state index contributed by atoms with van der Waals surface area (Å²) < 4.78 is 2.68. The fourth-order valence-corrected chi connectivity index (χ4v) is 3.70.